The van der Waals surface area contributed by atoms with Gasteiger partial charge in [0.05, 0.1) is 7.11 Å². The zero-order valence-electron chi connectivity index (χ0n) is 10.0. The van der Waals surface area contributed by atoms with Gasteiger partial charge in [-0.05, 0) is 6.42 Å². The summed E-state index contributed by atoms with van der Waals surface area (Å²) in [6, 6.07) is 0. The van der Waals surface area contributed by atoms with E-state index in [0.717, 1.165) is 10.6 Å². The van der Waals surface area contributed by atoms with Gasteiger partial charge >= 0.3 is 5.97 Å². The fourth-order valence-electron chi connectivity index (χ4n) is 1.05. The number of carbonyl (C=O) groups is 1. The van der Waals surface area contributed by atoms with E-state index in [-0.39, 0.29) is 19.4 Å². The molecule has 0 N–H and O–H groups in total. The van der Waals surface area contributed by atoms with Crippen LogP contribution in [0.25, 0.3) is 0 Å². The van der Waals surface area contributed by atoms with Crippen molar-refractivity contribution in [3.63, 3.8) is 0 Å². The lowest BCUT2D eigenvalue weighted by Gasteiger charge is -2.15. The van der Waals surface area contributed by atoms with E-state index in [1.54, 1.807) is 0 Å². The molecule has 0 aromatic carbocycles. The molecule has 0 aliphatic carbocycles. The van der Waals surface area contributed by atoms with Crippen LogP contribution in [0, 0.1) is 0 Å². The highest BCUT2D eigenvalue weighted by Gasteiger charge is 2.23. The van der Waals surface area contributed by atoms with E-state index in [9.17, 15) is 21.6 Å². The number of sulfone groups is 1. The predicted octanol–water partition coefficient (Wildman–Crippen LogP) is -0.797. The van der Waals surface area contributed by atoms with E-state index in [4.69, 9.17) is 0 Å². The first kappa shape index (κ1) is 16.3. The van der Waals surface area contributed by atoms with Crippen molar-refractivity contribution in [1.82, 2.24) is 4.31 Å². The van der Waals surface area contributed by atoms with Gasteiger partial charge in [0.1, 0.15) is 0 Å². The van der Waals surface area contributed by atoms with Crippen molar-refractivity contribution in [3.8, 4) is 0 Å². The SMILES string of the molecule is COC(=O)CCCN(C)S(=O)(=O)CS(C)(=O)=O. The number of esters is 1. The maximum absolute atomic E-state index is 11.5. The average Bonchev–Trinajstić information content (AvgIpc) is 2.13. The van der Waals surface area contributed by atoms with E-state index in [0.29, 0.717) is 0 Å². The Bertz CT molecular complexity index is 452. The van der Waals surface area contributed by atoms with Gasteiger partial charge in [0.2, 0.25) is 10.0 Å². The van der Waals surface area contributed by atoms with Gasteiger partial charge in [-0.1, -0.05) is 0 Å². The highest BCUT2D eigenvalue weighted by Crippen LogP contribution is 2.04. The van der Waals surface area contributed by atoms with E-state index in [1.807, 2.05) is 0 Å². The summed E-state index contributed by atoms with van der Waals surface area (Å²) in [5.41, 5.74) is 0. The molecule has 0 saturated heterocycles. The summed E-state index contributed by atoms with van der Waals surface area (Å²) in [7, 11) is -4.91. The van der Waals surface area contributed by atoms with Gasteiger partial charge in [-0.15, -0.1) is 0 Å². The highest BCUT2D eigenvalue weighted by molar-refractivity contribution is 8.06. The van der Waals surface area contributed by atoms with Crippen LogP contribution in [0.2, 0.25) is 0 Å². The number of carbonyl (C=O) groups excluding carboxylic acids is 1. The van der Waals surface area contributed by atoms with Gasteiger partial charge in [-0.3, -0.25) is 4.79 Å². The molecule has 0 spiro atoms. The molecule has 0 aromatic rings. The molecule has 0 radical (unpaired) electrons. The minimum absolute atomic E-state index is 0.0763. The van der Waals surface area contributed by atoms with Gasteiger partial charge in [-0.25, -0.2) is 21.1 Å². The molecule has 7 nitrogen and oxygen atoms in total. The Morgan fingerprint density at radius 3 is 2.18 bits per heavy atom. The molecule has 0 aromatic heterocycles. The second-order valence-electron chi connectivity index (χ2n) is 3.66. The van der Waals surface area contributed by atoms with Crippen molar-refractivity contribution in [2.75, 3.05) is 32.0 Å². The first-order valence-corrected chi connectivity index (χ1v) is 8.44. The first-order chi connectivity index (χ1) is 7.58. The Hall–Kier alpha value is -0.670. The molecule has 0 heterocycles. The number of sulfonamides is 1. The Labute approximate surface area is 102 Å². The number of ether oxygens (including phenoxy) is 1. The van der Waals surface area contributed by atoms with Crippen molar-refractivity contribution < 1.29 is 26.4 Å². The molecule has 9 heteroatoms. The Balaban J connectivity index is 4.32. The van der Waals surface area contributed by atoms with Crippen LogP contribution >= 0.6 is 0 Å². The second-order valence-corrected chi connectivity index (χ2v) is 8.24. The predicted molar refractivity (Wildman–Crippen MR) is 62.5 cm³/mol. The zero-order chi connectivity index (χ0) is 13.7. The summed E-state index contributed by atoms with van der Waals surface area (Å²) >= 11 is 0. The molecule has 0 aliphatic rings. The van der Waals surface area contributed by atoms with Crippen LogP contribution in [-0.4, -0.2) is 59.2 Å². The number of hydrogen-bond acceptors (Lipinski definition) is 6. The van der Waals surface area contributed by atoms with E-state index in [2.05, 4.69) is 4.74 Å². The van der Waals surface area contributed by atoms with Gasteiger partial charge < -0.3 is 4.74 Å². The monoisotopic (exact) mass is 287 g/mol. The fraction of sp³-hybridized carbons (Fsp3) is 0.875. The van der Waals surface area contributed by atoms with Crippen molar-refractivity contribution >= 4 is 25.8 Å². The van der Waals surface area contributed by atoms with Crippen molar-refractivity contribution in [2.24, 2.45) is 0 Å². The van der Waals surface area contributed by atoms with Crippen molar-refractivity contribution in [3.05, 3.63) is 0 Å². The lowest BCUT2D eigenvalue weighted by molar-refractivity contribution is -0.140. The third kappa shape index (κ3) is 7.29. The quantitative estimate of drug-likeness (QED) is 0.569. The molecular weight excluding hydrogens is 270 g/mol. The number of rotatable bonds is 7. The van der Waals surface area contributed by atoms with E-state index < -0.39 is 30.9 Å². The molecule has 0 aliphatic heterocycles. The van der Waals surface area contributed by atoms with Gasteiger partial charge in [0, 0.05) is 26.3 Å². The molecule has 0 unspecified atom stereocenters. The van der Waals surface area contributed by atoms with Crippen molar-refractivity contribution in [2.45, 2.75) is 12.8 Å². The number of nitrogens with zero attached hydrogens (tertiary/aromatic N) is 1. The van der Waals surface area contributed by atoms with Crippen LogP contribution in [-0.2, 0) is 29.4 Å². The standard InChI is InChI=1S/C8H17NO6S2/c1-9(6-4-5-8(10)15-2)17(13,14)7-16(3,11)12/h4-7H2,1-3H3. The van der Waals surface area contributed by atoms with Crippen LogP contribution in [0.5, 0.6) is 0 Å². The summed E-state index contributed by atoms with van der Waals surface area (Å²) in [5.74, 6) is -0.432. The van der Waals surface area contributed by atoms with Crippen LogP contribution < -0.4 is 0 Å². The molecule has 0 saturated carbocycles. The Morgan fingerprint density at radius 1 is 1.24 bits per heavy atom. The minimum atomic E-state index is -3.83. The molecule has 0 amide bonds. The Kier molecular flexibility index (Phi) is 6.06. The largest absolute Gasteiger partial charge is 0.469 e. The normalized spacial score (nSPS) is 12.7. The fourth-order valence-corrected chi connectivity index (χ4v) is 4.34. The maximum Gasteiger partial charge on any atom is 0.305 e. The number of methoxy groups -OCH3 is 1. The van der Waals surface area contributed by atoms with Crippen LogP contribution in [0.15, 0.2) is 0 Å². The maximum atomic E-state index is 11.5. The lowest BCUT2D eigenvalue weighted by atomic mass is 10.3. The van der Waals surface area contributed by atoms with Gasteiger partial charge in [0.25, 0.3) is 0 Å². The molecule has 102 valence electrons. The molecule has 0 rings (SSSR count). The lowest BCUT2D eigenvalue weighted by Crippen LogP contribution is -2.33. The molecular formula is C8H17NO6S2. The summed E-state index contributed by atoms with van der Waals surface area (Å²) in [6.07, 6.45) is 1.23. The molecule has 0 bridgehead atoms. The smallest absolute Gasteiger partial charge is 0.305 e. The zero-order valence-corrected chi connectivity index (χ0v) is 11.7. The third-order valence-electron chi connectivity index (χ3n) is 1.92. The van der Waals surface area contributed by atoms with E-state index >= 15 is 0 Å². The summed E-state index contributed by atoms with van der Waals surface area (Å²) in [6.45, 7) is 0.0763. The third-order valence-corrected chi connectivity index (χ3v) is 5.96. The molecule has 17 heavy (non-hydrogen) atoms. The average molecular weight is 287 g/mol. The first-order valence-electron chi connectivity index (χ1n) is 4.77. The van der Waals surface area contributed by atoms with Crippen LogP contribution in [0.3, 0.4) is 0 Å². The minimum Gasteiger partial charge on any atom is -0.469 e. The number of hydrogen-bond donors (Lipinski definition) is 0. The summed E-state index contributed by atoms with van der Waals surface area (Å²) in [4.78, 5) is 10.8. The van der Waals surface area contributed by atoms with Gasteiger partial charge in [-0.2, -0.15) is 0 Å². The van der Waals surface area contributed by atoms with Crippen LogP contribution in [0.4, 0.5) is 0 Å². The molecule has 0 atom stereocenters. The van der Waals surface area contributed by atoms with E-state index in [1.165, 1.54) is 14.2 Å². The van der Waals surface area contributed by atoms with Gasteiger partial charge in [0.15, 0.2) is 14.9 Å². The van der Waals surface area contributed by atoms with Crippen LogP contribution in [0.1, 0.15) is 12.8 Å². The summed E-state index contributed by atoms with van der Waals surface area (Å²) < 4.78 is 50.2. The topological polar surface area (TPSA) is 97.8 Å². The molecule has 0 fully saturated rings. The Morgan fingerprint density at radius 2 is 1.76 bits per heavy atom. The summed E-state index contributed by atoms with van der Waals surface area (Å²) in [5, 5.41) is -0.922. The highest BCUT2D eigenvalue weighted by atomic mass is 32.3. The second kappa shape index (κ2) is 6.31. The van der Waals surface area contributed by atoms with Crippen molar-refractivity contribution in [1.29, 1.82) is 0 Å².